The van der Waals surface area contributed by atoms with E-state index in [4.69, 9.17) is 4.99 Å². The second-order valence-electron chi connectivity index (χ2n) is 6.06. The van der Waals surface area contributed by atoms with Crippen molar-refractivity contribution in [3.63, 3.8) is 0 Å². The molecule has 4 heteroatoms. The minimum absolute atomic E-state index is 0.359. The fourth-order valence-corrected chi connectivity index (χ4v) is 2.96. The molecule has 0 aromatic heterocycles. The van der Waals surface area contributed by atoms with E-state index in [0.29, 0.717) is 6.04 Å². The highest BCUT2D eigenvalue weighted by Crippen LogP contribution is 2.25. The van der Waals surface area contributed by atoms with Crippen LogP contribution < -0.4 is 10.6 Å². The number of benzene rings is 1. The summed E-state index contributed by atoms with van der Waals surface area (Å²) < 4.78 is 0. The molecule has 1 atom stereocenters. The van der Waals surface area contributed by atoms with Gasteiger partial charge < -0.3 is 10.6 Å². The molecule has 1 unspecified atom stereocenters. The van der Waals surface area contributed by atoms with Gasteiger partial charge in [0.1, 0.15) is 0 Å². The Balaban J connectivity index is 2.12. The summed E-state index contributed by atoms with van der Waals surface area (Å²) in [5.41, 5.74) is 2.67. The van der Waals surface area contributed by atoms with Crippen molar-refractivity contribution in [3.05, 3.63) is 48.0 Å². The number of hydrogen-bond acceptors (Lipinski definition) is 2. The Morgan fingerprint density at radius 3 is 2.57 bits per heavy atom. The van der Waals surface area contributed by atoms with Gasteiger partial charge in [-0.1, -0.05) is 35.9 Å². The van der Waals surface area contributed by atoms with E-state index in [-0.39, 0.29) is 0 Å². The molecule has 1 fully saturated rings. The lowest BCUT2D eigenvalue weighted by Gasteiger charge is -2.27. The topological polar surface area (TPSA) is 39.7 Å². The highest BCUT2D eigenvalue weighted by Gasteiger charge is 2.23. The van der Waals surface area contributed by atoms with Crippen LogP contribution in [0.1, 0.15) is 36.9 Å². The van der Waals surface area contributed by atoms with Crippen LogP contribution >= 0.6 is 0 Å². The van der Waals surface area contributed by atoms with Crippen LogP contribution in [-0.2, 0) is 0 Å². The summed E-state index contributed by atoms with van der Waals surface area (Å²) in [6.45, 7) is 12.7. The van der Waals surface area contributed by atoms with E-state index in [0.717, 1.165) is 25.6 Å². The van der Waals surface area contributed by atoms with E-state index >= 15 is 0 Å². The monoisotopic (exact) mass is 314 g/mol. The van der Waals surface area contributed by atoms with Gasteiger partial charge in [-0.05, 0) is 45.3 Å². The van der Waals surface area contributed by atoms with Gasteiger partial charge in [0, 0.05) is 13.1 Å². The summed E-state index contributed by atoms with van der Waals surface area (Å²) in [7, 11) is 0. The molecule has 0 amide bonds. The van der Waals surface area contributed by atoms with Crippen molar-refractivity contribution in [2.45, 2.75) is 32.7 Å². The summed E-state index contributed by atoms with van der Waals surface area (Å²) in [6, 6.07) is 9.25. The molecule has 0 spiro atoms. The molecule has 23 heavy (non-hydrogen) atoms. The molecule has 0 aliphatic carbocycles. The van der Waals surface area contributed by atoms with Crippen molar-refractivity contribution in [1.82, 2.24) is 15.5 Å². The summed E-state index contributed by atoms with van der Waals surface area (Å²) >= 11 is 0. The predicted octanol–water partition coefficient (Wildman–Crippen LogP) is 2.87. The van der Waals surface area contributed by atoms with Crippen molar-refractivity contribution in [2.75, 3.05) is 32.7 Å². The number of nitrogens with zero attached hydrogens (tertiary/aromatic N) is 2. The zero-order chi connectivity index (χ0) is 16.5. The average Bonchev–Trinajstić information content (AvgIpc) is 3.08. The predicted molar refractivity (Wildman–Crippen MR) is 98.9 cm³/mol. The van der Waals surface area contributed by atoms with Crippen LogP contribution in [-0.4, -0.2) is 43.6 Å². The number of hydrogen-bond donors (Lipinski definition) is 2. The zero-order valence-corrected chi connectivity index (χ0v) is 14.5. The quantitative estimate of drug-likeness (QED) is 0.462. The van der Waals surface area contributed by atoms with Crippen LogP contribution in [0.2, 0.25) is 0 Å². The van der Waals surface area contributed by atoms with Crippen molar-refractivity contribution in [1.29, 1.82) is 0 Å². The molecule has 1 aliphatic rings. The number of nitrogens with one attached hydrogen (secondary N) is 2. The first-order valence-electron chi connectivity index (χ1n) is 8.68. The summed E-state index contributed by atoms with van der Waals surface area (Å²) in [4.78, 5) is 7.36. The van der Waals surface area contributed by atoms with Crippen molar-refractivity contribution >= 4 is 5.96 Å². The first-order chi connectivity index (χ1) is 11.2. The van der Waals surface area contributed by atoms with Crippen LogP contribution in [0, 0.1) is 6.92 Å². The summed E-state index contributed by atoms with van der Waals surface area (Å²) in [6.07, 6.45) is 4.44. The molecule has 1 aromatic carbocycles. The minimum Gasteiger partial charge on any atom is -0.357 e. The van der Waals surface area contributed by atoms with E-state index in [9.17, 15) is 0 Å². The molecule has 2 rings (SSSR count). The van der Waals surface area contributed by atoms with Crippen LogP contribution in [0.3, 0.4) is 0 Å². The molecule has 1 aliphatic heterocycles. The Morgan fingerprint density at radius 1 is 1.26 bits per heavy atom. The molecule has 2 N–H and O–H groups in total. The molecule has 126 valence electrons. The average molecular weight is 314 g/mol. The van der Waals surface area contributed by atoms with Gasteiger partial charge in [0.25, 0.3) is 0 Å². The minimum atomic E-state index is 0.359. The van der Waals surface area contributed by atoms with E-state index < -0.39 is 0 Å². The largest absolute Gasteiger partial charge is 0.357 e. The maximum absolute atomic E-state index is 4.80. The van der Waals surface area contributed by atoms with Gasteiger partial charge in [0.2, 0.25) is 0 Å². The summed E-state index contributed by atoms with van der Waals surface area (Å²) in [5, 5.41) is 6.58. The Hall–Kier alpha value is -1.81. The second-order valence-corrected chi connectivity index (χ2v) is 6.06. The fraction of sp³-hybridized carbons (Fsp3) is 0.526. The highest BCUT2D eigenvalue weighted by atomic mass is 15.2. The van der Waals surface area contributed by atoms with Gasteiger partial charge in [-0.3, -0.25) is 9.89 Å². The van der Waals surface area contributed by atoms with Crippen molar-refractivity contribution in [2.24, 2.45) is 4.99 Å². The maximum atomic E-state index is 4.80. The Bertz CT molecular complexity index is 501. The third-order valence-electron chi connectivity index (χ3n) is 4.22. The maximum Gasteiger partial charge on any atom is 0.191 e. The van der Waals surface area contributed by atoms with Gasteiger partial charge in [0.05, 0.1) is 12.6 Å². The number of aliphatic imine (C=N–C) groups is 1. The second kappa shape index (κ2) is 9.36. The smallest absolute Gasteiger partial charge is 0.191 e. The molecular weight excluding hydrogens is 284 g/mol. The highest BCUT2D eigenvalue weighted by molar-refractivity contribution is 5.79. The van der Waals surface area contributed by atoms with Gasteiger partial charge >= 0.3 is 0 Å². The van der Waals surface area contributed by atoms with Crippen LogP contribution in [0.4, 0.5) is 0 Å². The van der Waals surface area contributed by atoms with Crippen LogP contribution in [0.25, 0.3) is 0 Å². The molecule has 1 aromatic rings. The first-order valence-corrected chi connectivity index (χ1v) is 8.68. The third kappa shape index (κ3) is 5.39. The third-order valence-corrected chi connectivity index (χ3v) is 4.22. The Labute approximate surface area is 140 Å². The lowest BCUT2D eigenvalue weighted by atomic mass is 10.0. The standard InChI is InChI=1S/C19H30N4/c1-4-12-21-19(20-5-2)22-15-18(23-13-6-7-14-23)17-10-8-16(3)9-11-17/h4,8-11,18H,1,5-7,12-15H2,2-3H3,(H2,20,21,22). The summed E-state index contributed by atoms with van der Waals surface area (Å²) in [5.74, 6) is 0.865. The van der Waals surface area contributed by atoms with Crippen LogP contribution in [0.15, 0.2) is 41.9 Å². The van der Waals surface area contributed by atoms with E-state index in [1.807, 2.05) is 6.08 Å². The Morgan fingerprint density at radius 2 is 1.96 bits per heavy atom. The van der Waals surface area contributed by atoms with Crippen molar-refractivity contribution in [3.8, 4) is 0 Å². The van der Waals surface area contributed by atoms with Gasteiger partial charge in [0.15, 0.2) is 5.96 Å². The van der Waals surface area contributed by atoms with E-state index in [1.54, 1.807) is 0 Å². The molecule has 0 bridgehead atoms. The van der Waals surface area contributed by atoms with Crippen LogP contribution in [0.5, 0.6) is 0 Å². The number of rotatable bonds is 7. The zero-order valence-electron chi connectivity index (χ0n) is 14.5. The molecule has 0 radical (unpaired) electrons. The SMILES string of the molecule is C=CCNC(=NCC(c1ccc(C)cc1)N1CCCC1)NCC. The molecule has 1 heterocycles. The lowest BCUT2D eigenvalue weighted by Crippen LogP contribution is -2.38. The number of guanidine groups is 1. The number of aryl methyl sites for hydroxylation is 1. The molecule has 1 saturated heterocycles. The van der Waals surface area contributed by atoms with Gasteiger partial charge in [-0.25, -0.2) is 0 Å². The fourth-order valence-electron chi connectivity index (χ4n) is 2.96. The first kappa shape index (κ1) is 17.5. The lowest BCUT2D eigenvalue weighted by molar-refractivity contribution is 0.251. The molecular formula is C19H30N4. The van der Waals surface area contributed by atoms with E-state index in [2.05, 4.69) is 60.2 Å². The van der Waals surface area contributed by atoms with Gasteiger partial charge in [-0.15, -0.1) is 6.58 Å². The Kier molecular flexibility index (Phi) is 7.14. The van der Waals surface area contributed by atoms with E-state index in [1.165, 1.54) is 37.1 Å². The molecule has 4 nitrogen and oxygen atoms in total. The number of likely N-dealkylation sites (tertiary alicyclic amines) is 1. The van der Waals surface area contributed by atoms with Gasteiger partial charge in [-0.2, -0.15) is 0 Å². The van der Waals surface area contributed by atoms with Crippen molar-refractivity contribution < 1.29 is 0 Å². The normalized spacial score (nSPS) is 17.0. The molecule has 0 saturated carbocycles.